The normalized spacial score (nSPS) is 12.7. The lowest BCUT2D eigenvalue weighted by molar-refractivity contribution is 0.534. The highest BCUT2D eigenvalue weighted by Crippen LogP contribution is 2.25. The van der Waals surface area contributed by atoms with Crippen LogP contribution >= 0.6 is 34.2 Å². The maximum atomic E-state index is 6.01. The highest BCUT2D eigenvalue weighted by atomic mass is 127. The van der Waals surface area contributed by atoms with E-state index in [-0.39, 0.29) is 6.04 Å². The Bertz CT molecular complexity index is 543. The second kappa shape index (κ2) is 5.91. The molecule has 96 valence electrons. The highest BCUT2D eigenvalue weighted by molar-refractivity contribution is 14.1. The minimum Gasteiger partial charge on any atom is -0.271 e. The number of nitrogens with zero attached hydrogens (tertiary/aromatic N) is 4. The number of aromatic nitrogens is 4. The van der Waals surface area contributed by atoms with Gasteiger partial charge in [-0.3, -0.25) is 11.3 Å². The van der Waals surface area contributed by atoms with Gasteiger partial charge in [-0.15, -0.1) is 10.2 Å². The summed E-state index contributed by atoms with van der Waals surface area (Å²) in [7, 11) is 1.73. The first-order valence-corrected chi connectivity index (χ1v) is 6.69. The third kappa shape index (κ3) is 3.16. The Morgan fingerprint density at radius 3 is 2.94 bits per heavy atom. The Balaban J connectivity index is 2.25. The summed E-state index contributed by atoms with van der Waals surface area (Å²) in [5, 5.41) is 12.6. The summed E-state index contributed by atoms with van der Waals surface area (Å²) in [6.45, 7) is 0. The lowest BCUT2D eigenvalue weighted by Crippen LogP contribution is -2.30. The smallest absolute Gasteiger partial charge is 0.176 e. The van der Waals surface area contributed by atoms with Crippen LogP contribution in [0, 0.1) is 3.57 Å². The number of hydrogen-bond donors (Lipinski definition) is 2. The van der Waals surface area contributed by atoms with Crippen LogP contribution in [-0.2, 0) is 13.5 Å². The minimum atomic E-state index is -0.0974. The molecule has 0 aliphatic rings. The number of hydrogen-bond acceptors (Lipinski definition) is 5. The topological polar surface area (TPSA) is 81.7 Å². The van der Waals surface area contributed by atoms with Crippen molar-refractivity contribution in [3.05, 3.63) is 38.2 Å². The number of tetrazole rings is 1. The van der Waals surface area contributed by atoms with Crippen LogP contribution in [0.25, 0.3) is 0 Å². The van der Waals surface area contributed by atoms with Gasteiger partial charge >= 0.3 is 0 Å². The van der Waals surface area contributed by atoms with Crippen molar-refractivity contribution in [1.82, 2.24) is 25.6 Å². The van der Waals surface area contributed by atoms with Crippen molar-refractivity contribution in [2.75, 3.05) is 0 Å². The van der Waals surface area contributed by atoms with Crippen LogP contribution in [0.15, 0.2) is 18.2 Å². The number of halogens is 2. The van der Waals surface area contributed by atoms with E-state index in [0.29, 0.717) is 17.3 Å². The molecule has 1 heterocycles. The molecule has 1 aromatic carbocycles. The zero-order chi connectivity index (χ0) is 13.1. The molecule has 0 fully saturated rings. The maximum absolute atomic E-state index is 6.01. The minimum absolute atomic E-state index is 0.0974. The zero-order valence-corrected chi connectivity index (χ0v) is 12.6. The van der Waals surface area contributed by atoms with Crippen molar-refractivity contribution in [2.24, 2.45) is 12.9 Å². The molecule has 3 N–H and O–H groups in total. The summed E-state index contributed by atoms with van der Waals surface area (Å²) in [4.78, 5) is 1.42. The molecule has 2 aromatic rings. The van der Waals surface area contributed by atoms with Crippen molar-refractivity contribution in [3.63, 3.8) is 0 Å². The molecule has 0 spiro atoms. The van der Waals surface area contributed by atoms with Gasteiger partial charge in [0.15, 0.2) is 5.82 Å². The van der Waals surface area contributed by atoms with Crippen LogP contribution in [0.1, 0.15) is 17.4 Å². The molecular formula is C10H12ClIN6. The fourth-order valence-electron chi connectivity index (χ4n) is 1.63. The van der Waals surface area contributed by atoms with E-state index in [9.17, 15) is 0 Å². The van der Waals surface area contributed by atoms with E-state index in [4.69, 9.17) is 17.4 Å². The molecule has 6 nitrogen and oxygen atoms in total. The van der Waals surface area contributed by atoms with Gasteiger partial charge in [0, 0.05) is 15.0 Å². The molecule has 2 rings (SSSR count). The van der Waals surface area contributed by atoms with Gasteiger partial charge in [-0.25, -0.2) is 0 Å². The van der Waals surface area contributed by atoms with Gasteiger partial charge in [-0.2, -0.15) is 4.80 Å². The molecule has 0 bridgehead atoms. The molecule has 1 atom stereocenters. The average molecular weight is 379 g/mol. The van der Waals surface area contributed by atoms with Crippen molar-refractivity contribution in [1.29, 1.82) is 0 Å². The van der Waals surface area contributed by atoms with Crippen molar-refractivity contribution >= 4 is 34.2 Å². The van der Waals surface area contributed by atoms with Gasteiger partial charge in [0.2, 0.25) is 0 Å². The molecule has 0 amide bonds. The van der Waals surface area contributed by atoms with Gasteiger partial charge in [0.1, 0.15) is 0 Å². The summed E-state index contributed by atoms with van der Waals surface area (Å²) in [5.74, 6) is 6.23. The number of hydrazine groups is 1. The van der Waals surface area contributed by atoms with E-state index in [1.807, 2.05) is 18.2 Å². The van der Waals surface area contributed by atoms with Crippen LogP contribution in [-0.4, -0.2) is 20.2 Å². The summed E-state index contributed by atoms with van der Waals surface area (Å²) in [6, 6.07) is 5.59. The largest absolute Gasteiger partial charge is 0.271 e. The van der Waals surface area contributed by atoms with Crippen LogP contribution < -0.4 is 11.3 Å². The fraction of sp³-hybridized carbons (Fsp3) is 0.300. The Morgan fingerprint density at radius 1 is 1.56 bits per heavy atom. The summed E-state index contributed by atoms with van der Waals surface area (Å²) < 4.78 is 1.09. The molecule has 0 radical (unpaired) electrons. The standard InChI is InChI=1S/C10H12ClIN6/c1-18-16-10(15-17-18)5-9(14-13)7-4-6(11)2-3-8(7)12/h2-4,9,14H,5,13H2,1H3. The lowest BCUT2D eigenvalue weighted by atomic mass is 10.0. The predicted octanol–water partition coefficient (Wildman–Crippen LogP) is 1.22. The van der Waals surface area contributed by atoms with E-state index >= 15 is 0 Å². The number of rotatable bonds is 4. The second-order valence-electron chi connectivity index (χ2n) is 3.78. The van der Waals surface area contributed by atoms with E-state index in [1.54, 1.807) is 7.05 Å². The molecule has 0 saturated carbocycles. The van der Waals surface area contributed by atoms with Gasteiger partial charge in [-0.05, 0) is 51.6 Å². The number of benzene rings is 1. The maximum Gasteiger partial charge on any atom is 0.176 e. The highest BCUT2D eigenvalue weighted by Gasteiger charge is 2.16. The average Bonchev–Trinajstić information content (AvgIpc) is 2.75. The quantitative estimate of drug-likeness (QED) is 0.475. The van der Waals surface area contributed by atoms with E-state index in [0.717, 1.165) is 9.13 Å². The zero-order valence-electron chi connectivity index (χ0n) is 9.64. The van der Waals surface area contributed by atoms with Crippen LogP contribution in [0.5, 0.6) is 0 Å². The summed E-state index contributed by atoms with van der Waals surface area (Å²) >= 11 is 8.25. The SMILES string of the molecule is Cn1nnc(CC(NN)c2cc(Cl)ccc2I)n1. The van der Waals surface area contributed by atoms with Crippen molar-refractivity contribution in [2.45, 2.75) is 12.5 Å². The Kier molecular flexibility index (Phi) is 4.49. The van der Waals surface area contributed by atoms with Gasteiger partial charge in [0.05, 0.1) is 13.1 Å². The molecule has 1 aromatic heterocycles. The molecule has 0 aliphatic carbocycles. The van der Waals surface area contributed by atoms with Crippen LogP contribution in [0.4, 0.5) is 0 Å². The van der Waals surface area contributed by atoms with Gasteiger partial charge in [0.25, 0.3) is 0 Å². The van der Waals surface area contributed by atoms with Crippen LogP contribution in [0.3, 0.4) is 0 Å². The number of aryl methyl sites for hydroxylation is 1. The first-order valence-electron chi connectivity index (χ1n) is 5.24. The van der Waals surface area contributed by atoms with Crippen LogP contribution in [0.2, 0.25) is 5.02 Å². The predicted molar refractivity (Wildman–Crippen MR) is 76.7 cm³/mol. The monoisotopic (exact) mass is 378 g/mol. The van der Waals surface area contributed by atoms with E-state index < -0.39 is 0 Å². The molecule has 18 heavy (non-hydrogen) atoms. The summed E-state index contributed by atoms with van der Waals surface area (Å²) in [5.41, 5.74) is 3.79. The molecule has 0 aliphatic heterocycles. The lowest BCUT2D eigenvalue weighted by Gasteiger charge is -2.16. The van der Waals surface area contributed by atoms with Crippen molar-refractivity contribution in [3.8, 4) is 0 Å². The number of nitrogens with two attached hydrogens (primary N) is 1. The first kappa shape index (κ1) is 13.7. The van der Waals surface area contributed by atoms with E-state index in [2.05, 4.69) is 43.4 Å². The first-order chi connectivity index (χ1) is 8.60. The molecule has 0 saturated heterocycles. The van der Waals surface area contributed by atoms with Gasteiger partial charge < -0.3 is 0 Å². The van der Waals surface area contributed by atoms with E-state index in [1.165, 1.54) is 4.80 Å². The Morgan fingerprint density at radius 2 is 2.33 bits per heavy atom. The Labute approximate surface area is 123 Å². The summed E-state index contributed by atoms with van der Waals surface area (Å²) in [6.07, 6.45) is 0.556. The molecule has 8 heteroatoms. The fourth-order valence-corrected chi connectivity index (χ4v) is 2.52. The Hall–Kier alpha value is -0.770. The van der Waals surface area contributed by atoms with Crippen molar-refractivity contribution < 1.29 is 0 Å². The third-order valence-corrected chi connectivity index (χ3v) is 3.69. The van der Waals surface area contributed by atoms with Gasteiger partial charge in [-0.1, -0.05) is 11.6 Å². The molecule has 1 unspecified atom stereocenters. The second-order valence-corrected chi connectivity index (χ2v) is 5.38. The third-order valence-electron chi connectivity index (χ3n) is 2.47. The molecular weight excluding hydrogens is 367 g/mol. The number of nitrogens with one attached hydrogen (secondary N) is 1.